The zero-order valence-corrected chi connectivity index (χ0v) is 16.5. The van der Waals surface area contributed by atoms with Gasteiger partial charge in [-0.15, -0.1) is 24.0 Å². The van der Waals surface area contributed by atoms with Gasteiger partial charge in [-0.3, -0.25) is 0 Å². The number of nitrogens with zero attached hydrogens (tertiary/aromatic N) is 2. The van der Waals surface area contributed by atoms with Crippen LogP contribution in [0.15, 0.2) is 27.7 Å². The highest BCUT2D eigenvalue weighted by Crippen LogP contribution is 2.25. The quantitative estimate of drug-likeness (QED) is 0.417. The van der Waals surface area contributed by atoms with Crippen LogP contribution in [0.1, 0.15) is 25.3 Å². The van der Waals surface area contributed by atoms with Crippen molar-refractivity contribution in [3.05, 3.63) is 28.2 Å². The van der Waals surface area contributed by atoms with Gasteiger partial charge in [-0.2, -0.15) is 0 Å². The first-order valence-electron chi connectivity index (χ1n) is 7.10. The monoisotopic (exact) mass is 467 g/mol. The number of benzene rings is 1. The summed E-state index contributed by atoms with van der Waals surface area (Å²) in [7, 11) is 1.68. The molecule has 1 heterocycles. The number of likely N-dealkylation sites (tertiary alicyclic amines) is 1. The van der Waals surface area contributed by atoms with E-state index in [4.69, 9.17) is 9.73 Å². The molecule has 0 unspecified atom stereocenters. The minimum absolute atomic E-state index is 0. The van der Waals surface area contributed by atoms with E-state index in [1.165, 1.54) is 18.4 Å². The molecule has 4 nitrogen and oxygen atoms in total. The van der Waals surface area contributed by atoms with Crippen molar-refractivity contribution in [2.45, 2.75) is 26.3 Å². The van der Waals surface area contributed by atoms with Crippen molar-refractivity contribution in [1.29, 1.82) is 0 Å². The Morgan fingerprint density at radius 2 is 2.10 bits per heavy atom. The van der Waals surface area contributed by atoms with Gasteiger partial charge in [0.05, 0.1) is 18.1 Å². The van der Waals surface area contributed by atoms with Crippen LogP contribution in [0.25, 0.3) is 0 Å². The molecule has 1 aromatic carbocycles. The highest BCUT2D eigenvalue weighted by atomic mass is 127. The van der Waals surface area contributed by atoms with Crippen LogP contribution >= 0.6 is 39.9 Å². The van der Waals surface area contributed by atoms with Gasteiger partial charge in [-0.05, 0) is 53.4 Å². The topological polar surface area (TPSA) is 36.9 Å². The Labute approximate surface area is 152 Å². The molecule has 0 aromatic heterocycles. The van der Waals surface area contributed by atoms with E-state index in [1.54, 1.807) is 7.11 Å². The maximum Gasteiger partial charge on any atom is 0.194 e. The summed E-state index contributed by atoms with van der Waals surface area (Å²) in [5, 5.41) is 3.37. The summed E-state index contributed by atoms with van der Waals surface area (Å²) >= 11 is 3.51. The summed E-state index contributed by atoms with van der Waals surface area (Å²) in [6.45, 7) is 5.91. The number of hydrogen-bond acceptors (Lipinski definition) is 2. The van der Waals surface area contributed by atoms with Gasteiger partial charge < -0.3 is 15.0 Å². The molecule has 0 atom stereocenters. The van der Waals surface area contributed by atoms with Crippen molar-refractivity contribution in [2.24, 2.45) is 4.99 Å². The first-order valence-corrected chi connectivity index (χ1v) is 7.89. The molecular weight excluding hydrogens is 445 g/mol. The smallest absolute Gasteiger partial charge is 0.194 e. The summed E-state index contributed by atoms with van der Waals surface area (Å²) in [5.74, 6) is 1.88. The molecule has 21 heavy (non-hydrogen) atoms. The minimum atomic E-state index is 0. The van der Waals surface area contributed by atoms with Crippen LogP contribution in [-0.2, 0) is 6.54 Å². The van der Waals surface area contributed by atoms with Crippen molar-refractivity contribution in [3.8, 4) is 5.75 Å². The van der Waals surface area contributed by atoms with E-state index in [0.717, 1.165) is 35.8 Å². The molecule has 6 heteroatoms. The van der Waals surface area contributed by atoms with E-state index < -0.39 is 0 Å². The largest absolute Gasteiger partial charge is 0.496 e. The lowest BCUT2D eigenvalue weighted by atomic mass is 10.2. The van der Waals surface area contributed by atoms with Crippen LogP contribution in [0, 0.1) is 0 Å². The van der Waals surface area contributed by atoms with Crippen LogP contribution in [0.2, 0.25) is 0 Å². The van der Waals surface area contributed by atoms with Crippen molar-refractivity contribution in [3.63, 3.8) is 0 Å². The predicted octanol–water partition coefficient (Wildman–Crippen LogP) is 3.64. The summed E-state index contributed by atoms with van der Waals surface area (Å²) in [6, 6.07) is 6.09. The zero-order chi connectivity index (χ0) is 14.4. The van der Waals surface area contributed by atoms with Gasteiger partial charge in [0.2, 0.25) is 0 Å². The fourth-order valence-electron chi connectivity index (χ4n) is 2.33. The highest BCUT2D eigenvalue weighted by molar-refractivity contribution is 14.0. The lowest BCUT2D eigenvalue weighted by Crippen LogP contribution is -2.39. The third kappa shape index (κ3) is 5.32. The van der Waals surface area contributed by atoms with E-state index in [0.29, 0.717) is 6.54 Å². The van der Waals surface area contributed by atoms with Crippen LogP contribution in [0.5, 0.6) is 5.75 Å². The number of aliphatic imine (C=N–C) groups is 1. The Hall–Kier alpha value is -0.500. The van der Waals surface area contributed by atoms with Gasteiger partial charge in [0, 0.05) is 19.6 Å². The number of nitrogens with one attached hydrogen (secondary N) is 1. The predicted molar refractivity (Wildman–Crippen MR) is 102 cm³/mol. The molecule has 1 saturated heterocycles. The minimum Gasteiger partial charge on any atom is -0.496 e. The van der Waals surface area contributed by atoms with Crippen molar-refractivity contribution < 1.29 is 4.74 Å². The normalized spacial score (nSPS) is 14.8. The maximum atomic E-state index is 5.24. The van der Waals surface area contributed by atoms with Gasteiger partial charge in [0.1, 0.15) is 5.75 Å². The van der Waals surface area contributed by atoms with Gasteiger partial charge in [0.15, 0.2) is 5.96 Å². The van der Waals surface area contributed by atoms with E-state index in [9.17, 15) is 0 Å². The molecule has 0 radical (unpaired) electrons. The molecule has 1 fully saturated rings. The Balaban J connectivity index is 0.00000220. The molecule has 0 spiro atoms. The summed E-state index contributed by atoms with van der Waals surface area (Å²) in [5.41, 5.74) is 1.17. The average Bonchev–Trinajstić information content (AvgIpc) is 2.97. The summed E-state index contributed by atoms with van der Waals surface area (Å²) < 4.78 is 6.21. The van der Waals surface area contributed by atoms with E-state index >= 15 is 0 Å². The molecule has 118 valence electrons. The van der Waals surface area contributed by atoms with Gasteiger partial charge in [-0.25, -0.2) is 4.99 Å². The molecule has 1 N–H and O–H groups in total. The molecule has 2 rings (SSSR count). The number of methoxy groups -OCH3 is 1. The standard InChI is InChI=1S/C15H22BrN3O.HI/c1-3-17-15(19-8-4-5-9-19)18-11-12-6-7-14(20-2)13(16)10-12;/h6-7,10H,3-5,8-9,11H2,1-2H3,(H,17,18);1H. The van der Waals surface area contributed by atoms with Crippen molar-refractivity contribution >= 4 is 45.9 Å². The molecule has 0 saturated carbocycles. The molecule has 1 aromatic rings. The number of ether oxygens (including phenoxy) is 1. The molecular formula is C15H23BrIN3O. The Morgan fingerprint density at radius 3 is 2.67 bits per heavy atom. The second kappa shape index (κ2) is 9.50. The first-order chi connectivity index (χ1) is 9.74. The molecule has 0 amide bonds. The molecule has 1 aliphatic heterocycles. The van der Waals surface area contributed by atoms with E-state index in [1.807, 2.05) is 6.07 Å². The maximum absolute atomic E-state index is 5.24. The van der Waals surface area contributed by atoms with Crippen LogP contribution in [0.4, 0.5) is 0 Å². The summed E-state index contributed by atoms with van der Waals surface area (Å²) in [4.78, 5) is 7.07. The van der Waals surface area contributed by atoms with Crippen LogP contribution in [-0.4, -0.2) is 37.6 Å². The lowest BCUT2D eigenvalue weighted by Gasteiger charge is -2.20. The molecule has 0 aliphatic carbocycles. The molecule has 1 aliphatic rings. The number of halogens is 2. The summed E-state index contributed by atoms with van der Waals surface area (Å²) in [6.07, 6.45) is 2.52. The van der Waals surface area contributed by atoms with E-state index in [2.05, 4.69) is 45.2 Å². The first kappa shape index (κ1) is 18.5. The Kier molecular flexibility index (Phi) is 8.39. The van der Waals surface area contributed by atoms with Gasteiger partial charge >= 0.3 is 0 Å². The Morgan fingerprint density at radius 1 is 1.38 bits per heavy atom. The van der Waals surface area contributed by atoms with Crippen molar-refractivity contribution in [2.75, 3.05) is 26.7 Å². The fourth-order valence-corrected chi connectivity index (χ4v) is 2.92. The third-order valence-corrected chi connectivity index (χ3v) is 3.99. The number of guanidine groups is 1. The SMILES string of the molecule is CCNC(=NCc1ccc(OC)c(Br)c1)N1CCCC1.I. The number of rotatable bonds is 4. The lowest BCUT2D eigenvalue weighted by molar-refractivity contribution is 0.412. The second-order valence-corrected chi connectivity index (χ2v) is 5.69. The average molecular weight is 468 g/mol. The van der Waals surface area contributed by atoms with Gasteiger partial charge in [-0.1, -0.05) is 6.07 Å². The van der Waals surface area contributed by atoms with Gasteiger partial charge in [0.25, 0.3) is 0 Å². The number of hydrogen-bond donors (Lipinski definition) is 1. The van der Waals surface area contributed by atoms with E-state index in [-0.39, 0.29) is 24.0 Å². The fraction of sp³-hybridized carbons (Fsp3) is 0.533. The Bertz CT molecular complexity index is 476. The van der Waals surface area contributed by atoms with Crippen LogP contribution in [0.3, 0.4) is 0 Å². The zero-order valence-electron chi connectivity index (χ0n) is 12.6. The highest BCUT2D eigenvalue weighted by Gasteiger charge is 2.15. The van der Waals surface area contributed by atoms with Crippen LogP contribution < -0.4 is 10.1 Å². The second-order valence-electron chi connectivity index (χ2n) is 4.83. The third-order valence-electron chi connectivity index (χ3n) is 3.37. The molecule has 0 bridgehead atoms. The van der Waals surface area contributed by atoms with Crippen molar-refractivity contribution in [1.82, 2.24) is 10.2 Å².